The van der Waals surface area contributed by atoms with Gasteiger partial charge in [-0.25, -0.2) is 0 Å². The van der Waals surface area contributed by atoms with Crippen LogP contribution in [-0.4, -0.2) is 50.1 Å². The molecule has 7 nitrogen and oxygen atoms in total. The van der Waals surface area contributed by atoms with Crippen molar-refractivity contribution in [1.29, 1.82) is 0 Å². The number of halogens is 1. The number of likely N-dealkylation sites (tertiary alicyclic amines) is 1. The van der Waals surface area contributed by atoms with Crippen molar-refractivity contribution in [2.24, 2.45) is 16.6 Å². The number of guanidine groups is 1. The number of piperidine rings is 1. The molecule has 150 valence electrons. The second-order valence-corrected chi connectivity index (χ2v) is 6.86. The second-order valence-electron chi connectivity index (χ2n) is 6.86. The third kappa shape index (κ3) is 6.15. The average Bonchev–Trinajstić information content (AvgIpc) is 2.87. The Bertz CT molecular complexity index is 668. The number of carbonyl (C=O) groups excluding carboxylic acids is 1. The van der Waals surface area contributed by atoms with Gasteiger partial charge in [0, 0.05) is 39.5 Å². The van der Waals surface area contributed by atoms with E-state index in [0.717, 1.165) is 55.4 Å². The fourth-order valence-corrected chi connectivity index (χ4v) is 3.54. The highest BCUT2D eigenvalue weighted by atomic mass is 127. The highest BCUT2D eigenvalue weighted by Crippen LogP contribution is 2.30. The van der Waals surface area contributed by atoms with E-state index in [2.05, 4.69) is 15.2 Å². The molecule has 1 saturated heterocycles. The van der Waals surface area contributed by atoms with Gasteiger partial charge in [-0.2, -0.15) is 0 Å². The maximum absolute atomic E-state index is 11.2. The summed E-state index contributed by atoms with van der Waals surface area (Å²) in [5.41, 5.74) is 6.47. The minimum Gasteiger partial charge on any atom is -0.490 e. The smallest absolute Gasteiger partial charge is 0.217 e. The number of nitrogens with zero attached hydrogens (tertiary/aromatic N) is 2. The number of nitrogens with one attached hydrogen (secondary N) is 1. The van der Waals surface area contributed by atoms with Crippen LogP contribution >= 0.6 is 24.0 Å². The molecule has 0 saturated carbocycles. The Balaban J connectivity index is 0.00000261. The van der Waals surface area contributed by atoms with Crippen LogP contribution < -0.4 is 20.5 Å². The Morgan fingerprint density at radius 2 is 2.07 bits per heavy atom. The number of aliphatic imine (C=N–C) groups is 1. The van der Waals surface area contributed by atoms with E-state index in [4.69, 9.17) is 15.2 Å². The molecule has 27 heavy (non-hydrogen) atoms. The molecule has 1 unspecified atom stereocenters. The van der Waals surface area contributed by atoms with Crippen LogP contribution in [0.4, 0.5) is 0 Å². The summed E-state index contributed by atoms with van der Waals surface area (Å²) in [7, 11) is 1.79. The van der Waals surface area contributed by atoms with Gasteiger partial charge >= 0.3 is 0 Å². The number of nitrogens with two attached hydrogens (primary N) is 1. The average molecular weight is 488 g/mol. The van der Waals surface area contributed by atoms with Crippen LogP contribution in [0.1, 0.15) is 31.2 Å². The van der Waals surface area contributed by atoms with Crippen molar-refractivity contribution in [3.8, 4) is 11.5 Å². The minimum absolute atomic E-state index is 0. The Kier molecular flexibility index (Phi) is 8.46. The number of ether oxygens (including phenoxy) is 2. The molecule has 1 aromatic rings. The Labute approximate surface area is 177 Å². The van der Waals surface area contributed by atoms with Gasteiger partial charge in [-0.3, -0.25) is 9.79 Å². The zero-order chi connectivity index (χ0) is 18.4. The molecular formula is C19H29IN4O3. The lowest BCUT2D eigenvalue weighted by atomic mass is 9.95. The van der Waals surface area contributed by atoms with Crippen molar-refractivity contribution in [3.63, 3.8) is 0 Å². The largest absolute Gasteiger partial charge is 0.490 e. The van der Waals surface area contributed by atoms with Crippen LogP contribution in [-0.2, 0) is 11.3 Å². The van der Waals surface area contributed by atoms with E-state index in [1.807, 2.05) is 18.2 Å². The number of hydrogen-bond acceptors (Lipinski definition) is 4. The summed E-state index contributed by atoms with van der Waals surface area (Å²) in [6, 6.07) is 6.02. The minimum atomic E-state index is -0.230. The predicted molar refractivity (Wildman–Crippen MR) is 116 cm³/mol. The molecule has 1 amide bonds. The van der Waals surface area contributed by atoms with Crippen molar-refractivity contribution in [2.75, 3.05) is 33.4 Å². The number of primary amides is 1. The quantitative estimate of drug-likeness (QED) is 0.385. The number of benzene rings is 1. The zero-order valence-corrected chi connectivity index (χ0v) is 18.1. The summed E-state index contributed by atoms with van der Waals surface area (Å²) < 4.78 is 11.4. The molecular weight excluding hydrogens is 459 g/mol. The zero-order valence-electron chi connectivity index (χ0n) is 15.8. The summed E-state index contributed by atoms with van der Waals surface area (Å²) in [5, 5.41) is 3.42. The number of fused-ring (bicyclic) bond motifs is 1. The third-order valence-corrected chi connectivity index (χ3v) is 4.78. The van der Waals surface area contributed by atoms with Crippen LogP contribution in [0.25, 0.3) is 0 Å². The first-order chi connectivity index (χ1) is 12.7. The van der Waals surface area contributed by atoms with Gasteiger partial charge in [-0.1, -0.05) is 6.07 Å². The van der Waals surface area contributed by atoms with Gasteiger partial charge in [0.1, 0.15) is 0 Å². The van der Waals surface area contributed by atoms with Gasteiger partial charge in [0.25, 0.3) is 0 Å². The molecule has 0 radical (unpaired) electrons. The highest BCUT2D eigenvalue weighted by molar-refractivity contribution is 14.0. The van der Waals surface area contributed by atoms with E-state index in [0.29, 0.717) is 32.1 Å². The second kappa shape index (κ2) is 10.6. The molecule has 1 atom stereocenters. The number of amides is 1. The van der Waals surface area contributed by atoms with Gasteiger partial charge < -0.3 is 25.4 Å². The standard InChI is InChI=1S/C19H28N4O3.HI/c1-21-19(23-7-2-4-15(13-23)11-18(20)24)22-12-14-5-6-16-17(10-14)26-9-3-8-25-16;/h5-6,10,15H,2-4,7-9,11-13H2,1H3,(H2,20,24)(H,21,22);1H. The molecule has 0 bridgehead atoms. The highest BCUT2D eigenvalue weighted by Gasteiger charge is 2.23. The van der Waals surface area contributed by atoms with Crippen LogP contribution in [0, 0.1) is 5.92 Å². The van der Waals surface area contributed by atoms with E-state index in [1.165, 1.54) is 0 Å². The molecule has 0 aliphatic carbocycles. The molecule has 1 fully saturated rings. The lowest BCUT2D eigenvalue weighted by Crippen LogP contribution is -2.46. The maximum Gasteiger partial charge on any atom is 0.217 e. The molecule has 2 heterocycles. The fourth-order valence-electron chi connectivity index (χ4n) is 3.54. The van der Waals surface area contributed by atoms with Crippen molar-refractivity contribution in [1.82, 2.24) is 10.2 Å². The Morgan fingerprint density at radius 1 is 1.30 bits per heavy atom. The maximum atomic E-state index is 11.2. The summed E-state index contributed by atoms with van der Waals surface area (Å²) in [6.07, 6.45) is 3.42. The monoisotopic (exact) mass is 488 g/mol. The molecule has 2 aliphatic rings. The molecule has 2 aliphatic heterocycles. The van der Waals surface area contributed by atoms with Crippen LogP contribution in [0.3, 0.4) is 0 Å². The van der Waals surface area contributed by atoms with Crippen molar-refractivity contribution >= 4 is 35.8 Å². The van der Waals surface area contributed by atoms with Gasteiger partial charge in [0.2, 0.25) is 5.91 Å². The summed E-state index contributed by atoms with van der Waals surface area (Å²) in [6.45, 7) is 3.78. The lowest BCUT2D eigenvalue weighted by molar-refractivity contribution is -0.119. The van der Waals surface area contributed by atoms with Gasteiger partial charge in [0.05, 0.1) is 13.2 Å². The van der Waals surface area contributed by atoms with Gasteiger partial charge in [-0.15, -0.1) is 24.0 Å². The first-order valence-electron chi connectivity index (χ1n) is 9.28. The summed E-state index contributed by atoms with van der Waals surface area (Å²) >= 11 is 0. The number of carbonyl (C=O) groups is 1. The topological polar surface area (TPSA) is 89.2 Å². The molecule has 8 heteroatoms. The third-order valence-electron chi connectivity index (χ3n) is 4.78. The van der Waals surface area contributed by atoms with Crippen molar-refractivity contribution < 1.29 is 14.3 Å². The first-order valence-corrected chi connectivity index (χ1v) is 9.28. The number of hydrogen-bond donors (Lipinski definition) is 2. The van der Waals surface area contributed by atoms with Gasteiger partial charge in [-0.05, 0) is 36.5 Å². The Morgan fingerprint density at radius 3 is 2.81 bits per heavy atom. The summed E-state index contributed by atoms with van der Waals surface area (Å²) in [4.78, 5) is 17.8. The summed E-state index contributed by atoms with van der Waals surface area (Å²) in [5.74, 6) is 2.54. The molecule has 3 N–H and O–H groups in total. The van der Waals surface area contributed by atoms with Crippen LogP contribution in [0.5, 0.6) is 11.5 Å². The van der Waals surface area contributed by atoms with E-state index < -0.39 is 0 Å². The van der Waals surface area contributed by atoms with Crippen molar-refractivity contribution in [3.05, 3.63) is 23.8 Å². The van der Waals surface area contributed by atoms with E-state index in [-0.39, 0.29) is 29.9 Å². The van der Waals surface area contributed by atoms with E-state index in [1.54, 1.807) is 7.05 Å². The van der Waals surface area contributed by atoms with E-state index >= 15 is 0 Å². The molecule has 3 rings (SSSR count). The predicted octanol–water partition coefficient (Wildman–Crippen LogP) is 2.13. The van der Waals surface area contributed by atoms with Crippen LogP contribution in [0.15, 0.2) is 23.2 Å². The normalized spacial score (nSPS) is 19.7. The van der Waals surface area contributed by atoms with Crippen LogP contribution in [0.2, 0.25) is 0 Å². The molecule has 0 spiro atoms. The van der Waals surface area contributed by atoms with Gasteiger partial charge in [0.15, 0.2) is 17.5 Å². The first kappa shape index (κ1) is 21.6. The lowest BCUT2D eigenvalue weighted by Gasteiger charge is -2.34. The fraction of sp³-hybridized carbons (Fsp3) is 0.579. The molecule has 1 aromatic carbocycles. The SMILES string of the molecule is CN=C(NCc1ccc2c(c1)OCCCO2)N1CCCC(CC(N)=O)C1.I. The van der Waals surface area contributed by atoms with E-state index in [9.17, 15) is 4.79 Å². The number of rotatable bonds is 4. The Hall–Kier alpha value is -1.71. The molecule has 0 aromatic heterocycles. The van der Waals surface area contributed by atoms with Crippen molar-refractivity contribution in [2.45, 2.75) is 32.2 Å².